The van der Waals surface area contributed by atoms with Gasteiger partial charge in [-0.15, -0.1) is 11.3 Å². The van der Waals surface area contributed by atoms with Gasteiger partial charge < -0.3 is 5.11 Å². The molecule has 0 saturated heterocycles. The second-order valence-electron chi connectivity index (χ2n) is 2.43. The van der Waals surface area contributed by atoms with Crippen LogP contribution in [0, 0.1) is 6.92 Å². The van der Waals surface area contributed by atoms with Crippen molar-refractivity contribution in [1.29, 1.82) is 0 Å². The van der Waals surface area contributed by atoms with Crippen LogP contribution >= 0.6 is 11.3 Å². The summed E-state index contributed by atoms with van der Waals surface area (Å²) in [6, 6.07) is 1.34. The third-order valence-electron chi connectivity index (χ3n) is 1.38. The van der Waals surface area contributed by atoms with Crippen LogP contribution in [-0.4, -0.2) is 11.3 Å². The smallest absolute Gasteiger partial charge is 0.379 e. The van der Waals surface area contributed by atoms with E-state index >= 15 is 0 Å². The number of aliphatic hydroxyl groups excluding tert-OH is 1. The maximum Gasteiger partial charge on any atom is 0.418 e. The van der Waals surface area contributed by atoms with Crippen molar-refractivity contribution in [1.82, 2.24) is 0 Å². The van der Waals surface area contributed by atoms with E-state index in [0.29, 0.717) is 0 Å². The molecule has 1 nitrogen and oxygen atoms in total. The van der Waals surface area contributed by atoms with E-state index in [1.165, 1.54) is 22.8 Å². The molecule has 0 aliphatic heterocycles. The lowest BCUT2D eigenvalue weighted by Gasteiger charge is -2.12. The Kier molecular flexibility index (Phi) is 2.44. The topological polar surface area (TPSA) is 20.2 Å². The Morgan fingerprint density at radius 3 is 2.42 bits per heavy atom. The van der Waals surface area contributed by atoms with Gasteiger partial charge in [0.05, 0.1) is 0 Å². The van der Waals surface area contributed by atoms with E-state index in [4.69, 9.17) is 5.11 Å². The summed E-state index contributed by atoms with van der Waals surface area (Å²) < 4.78 is 35.7. The minimum absolute atomic E-state index is 0.0787. The molecule has 1 aromatic rings. The zero-order valence-electron chi connectivity index (χ0n) is 6.22. The second-order valence-corrected chi connectivity index (χ2v) is 3.55. The normalized spacial score (nSPS) is 14.8. The van der Waals surface area contributed by atoms with E-state index in [0.717, 1.165) is 4.88 Å². The average Bonchev–Trinajstić information content (AvgIpc) is 2.32. The molecular weight excluding hydrogens is 189 g/mol. The number of alkyl halides is 3. The minimum Gasteiger partial charge on any atom is -0.379 e. The number of halogens is 3. The van der Waals surface area contributed by atoms with Crippen LogP contribution in [-0.2, 0) is 0 Å². The Morgan fingerprint density at radius 1 is 1.50 bits per heavy atom. The quantitative estimate of drug-likeness (QED) is 0.732. The van der Waals surface area contributed by atoms with Gasteiger partial charge in [-0.3, -0.25) is 0 Å². The summed E-state index contributed by atoms with van der Waals surface area (Å²) in [6.07, 6.45) is -6.91. The Morgan fingerprint density at radius 2 is 2.08 bits per heavy atom. The van der Waals surface area contributed by atoms with Crippen molar-refractivity contribution in [3.05, 3.63) is 21.9 Å². The van der Waals surface area contributed by atoms with Gasteiger partial charge in [-0.25, -0.2) is 0 Å². The molecule has 0 aromatic carbocycles. The molecule has 1 aromatic heterocycles. The highest BCUT2D eigenvalue weighted by molar-refractivity contribution is 7.10. The Hall–Kier alpha value is -0.550. The lowest BCUT2D eigenvalue weighted by molar-refractivity contribution is -0.206. The Bertz CT molecular complexity index is 266. The van der Waals surface area contributed by atoms with Gasteiger partial charge >= 0.3 is 6.18 Å². The lowest BCUT2D eigenvalue weighted by Crippen LogP contribution is -2.19. The lowest BCUT2D eigenvalue weighted by atomic mass is 10.2. The maximum absolute atomic E-state index is 11.9. The van der Waals surface area contributed by atoms with Crippen LogP contribution in [0.15, 0.2) is 11.4 Å². The predicted molar refractivity (Wildman–Crippen MR) is 40.1 cm³/mol. The number of aryl methyl sites for hydroxylation is 1. The van der Waals surface area contributed by atoms with Crippen LogP contribution in [0.3, 0.4) is 0 Å². The van der Waals surface area contributed by atoms with E-state index in [9.17, 15) is 13.2 Å². The Labute approximate surface area is 71.5 Å². The number of rotatable bonds is 1. The van der Waals surface area contributed by atoms with Crippen molar-refractivity contribution in [3.63, 3.8) is 0 Å². The van der Waals surface area contributed by atoms with E-state index in [2.05, 4.69) is 0 Å². The molecule has 0 saturated carbocycles. The number of thiophene rings is 1. The molecule has 12 heavy (non-hydrogen) atoms. The molecule has 0 fully saturated rings. The van der Waals surface area contributed by atoms with Crippen LogP contribution in [0.5, 0.6) is 0 Å². The second kappa shape index (κ2) is 3.06. The van der Waals surface area contributed by atoms with E-state index < -0.39 is 12.3 Å². The highest BCUT2D eigenvalue weighted by atomic mass is 32.1. The molecule has 0 aliphatic rings. The van der Waals surface area contributed by atoms with Crippen LogP contribution in [0.25, 0.3) is 0 Å². The fraction of sp³-hybridized carbons (Fsp3) is 0.429. The first-order chi connectivity index (χ1) is 5.41. The summed E-state index contributed by atoms with van der Waals surface area (Å²) in [5, 5.41) is 10.1. The zero-order chi connectivity index (χ0) is 9.35. The van der Waals surface area contributed by atoms with Gasteiger partial charge in [-0.2, -0.15) is 13.2 Å². The fourth-order valence-corrected chi connectivity index (χ4v) is 1.52. The number of aliphatic hydroxyl groups is 1. The fourth-order valence-electron chi connectivity index (χ4n) is 0.796. The zero-order valence-corrected chi connectivity index (χ0v) is 7.04. The van der Waals surface area contributed by atoms with E-state index in [-0.39, 0.29) is 5.56 Å². The summed E-state index contributed by atoms with van der Waals surface area (Å²) in [4.78, 5) is 0.758. The molecule has 1 heterocycles. The third-order valence-corrected chi connectivity index (χ3v) is 2.26. The first-order valence-corrected chi connectivity index (χ1v) is 4.09. The first kappa shape index (κ1) is 9.54. The van der Waals surface area contributed by atoms with Crippen molar-refractivity contribution in [3.8, 4) is 0 Å². The monoisotopic (exact) mass is 196 g/mol. The molecule has 0 radical (unpaired) electrons. The summed E-state index contributed by atoms with van der Waals surface area (Å²) in [7, 11) is 0. The van der Waals surface area contributed by atoms with Gasteiger partial charge in [0.15, 0.2) is 6.10 Å². The SMILES string of the molecule is Cc1cc(C(O)C(F)(F)F)cs1. The van der Waals surface area contributed by atoms with Crippen molar-refractivity contribution in [2.24, 2.45) is 0 Å². The molecule has 1 rings (SSSR count). The van der Waals surface area contributed by atoms with Crippen LogP contribution in [0.2, 0.25) is 0 Å². The molecule has 0 bridgehead atoms. The molecule has 5 heteroatoms. The standard InChI is InChI=1S/C7H7F3OS/c1-4-2-5(3-12-4)6(11)7(8,9)10/h2-3,6,11H,1H3. The van der Waals surface area contributed by atoms with Crippen LogP contribution in [0.4, 0.5) is 13.2 Å². The average molecular weight is 196 g/mol. The van der Waals surface area contributed by atoms with Crippen LogP contribution in [0.1, 0.15) is 16.5 Å². The van der Waals surface area contributed by atoms with Gasteiger partial charge in [0.2, 0.25) is 0 Å². The highest BCUT2D eigenvalue weighted by Crippen LogP contribution is 2.34. The van der Waals surface area contributed by atoms with Crippen molar-refractivity contribution in [2.45, 2.75) is 19.2 Å². The van der Waals surface area contributed by atoms with Crippen molar-refractivity contribution >= 4 is 11.3 Å². The maximum atomic E-state index is 11.9. The van der Waals surface area contributed by atoms with Crippen molar-refractivity contribution < 1.29 is 18.3 Å². The van der Waals surface area contributed by atoms with Crippen molar-refractivity contribution in [2.75, 3.05) is 0 Å². The molecule has 0 spiro atoms. The molecule has 0 aliphatic carbocycles. The van der Waals surface area contributed by atoms with E-state index in [1.54, 1.807) is 6.92 Å². The van der Waals surface area contributed by atoms with Gasteiger partial charge in [-0.1, -0.05) is 0 Å². The molecule has 0 amide bonds. The Balaban J connectivity index is 2.85. The van der Waals surface area contributed by atoms with Gasteiger partial charge in [0.25, 0.3) is 0 Å². The molecule has 1 N–H and O–H groups in total. The molecule has 1 atom stereocenters. The highest BCUT2D eigenvalue weighted by Gasteiger charge is 2.39. The number of hydrogen-bond acceptors (Lipinski definition) is 2. The summed E-state index contributed by atoms with van der Waals surface area (Å²) >= 11 is 1.19. The molecular formula is C7H7F3OS. The number of hydrogen-bond donors (Lipinski definition) is 1. The summed E-state index contributed by atoms with van der Waals surface area (Å²) in [5.74, 6) is 0. The molecule has 1 unspecified atom stereocenters. The summed E-state index contributed by atoms with van der Waals surface area (Å²) in [6.45, 7) is 1.69. The third kappa shape index (κ3) is 1.98. The predicted octanol–water partition coefficient (Wildman–Crippen LogP) is 2.65. The minimum atomic E-state index is -4.56. The van der Waals surface area contributed by atoms with Gasteiger partial charge in [0, 0.05) is 10.4 Å². The van der Waals surface area contributed by atoms with Gasteiger partial charge in [0.1, 0.15) is 0 Å². The van der Waals surface area contributed by atoms with E-state index in [1.807, 2.05) is 0 Å². The molecule has 68 valence electrons. The summed E-state index contributed by atoms with van der Waals surface area (Å²) in [5.41, 5.74) is -0.0787. The first-order valence-electron chi connectivity index (χ1n) is 3.21. The largest absolute Gasteiger partial charge is 0.418 e. The van der Waals surface area contributed by atoms with Gasteiger partial charge in [-0.05, 0) is 18.4 Å². The van der Waals surface area contributed by atoms with Crippen LogP contribution < -0.4 is 0 Å².